The van der Waals surface area contributed by atoms with Crippen LogP contribution in [0.5, 0.6) is 5.75 Å². The zero-order valence-corrected chi connectivity index (χ0v) is 13.4. The molecule has 2 aromatic rings. The van der Waals surface area contributed by atoms with Gasteiger partial charge in [-0.25, -0.2) is 4.21 Å². The van der Waals surface area contributed by atoms with Crippen molar-refractivity contribution in [2.45, 2.75) is 0 Å². The van der Waals surface area contributed by atoms with Crippen LogP contribution in [-0.2, 0) is 18.0 Å². The van der Waals surface area contributed by atoms with Gasteiger partial charge in [-0.3, -0.25) is 4.79 Å². The Hall–Kier alpha value is -2.32. The van der Waals surface area contributed by atoms with E-state index in [0.29, 0.717) is 11.4 Å². The minimum atomic E-state index is -1.22. The molecule has 0 aliphatic rings. The van der Waals surface area contributed by atoms with Crippen LogP contribution in [0.15, 0.2) is 35.3 Å². The van der Waals surface area contributed by atoms with Crippen molar-refractivity contribution >= 4 is 22.4 Å². The van der Waals surface area contributed by atoms with Crippen molar-refractivity contribution < 1.29 is 14.4 Å². The molecule has 1 heterocycles. The van der Waals surface area contributed by atoms with Crippen LogP contribution in [0.25, 0.3) is 11.1 Å². The van der Waals surface area contributed by atoms with Crippen molar-refractivity contribution in [2.24, 2.45) is 7.05 Å². The number of aryl methyl sites for hydroxylation is 1. The second-order valence-electron chi connectivity index (χ2n) is 4.57. The SMILES string of the molecule is COc1ccc(-c2cc(N)c(=O)n(C)c2)cc1NS(C)=O.O. The summed E-state index contributed by atoms with van der Waals surface area (Å²) >= 11 is 0. The molecule has 1 unspecified atom stereocenters. The van der Waals surface area contributed by atoms with Crippen molar-refractivity contribution in [1.29, 1.82) is 0 Å². The maximum Gasteiger partial charge on any atom is 0.273 e. The lowest BCUT2D eigenvalue weighted by atomic mass is 10.1. The van der Waals surface area contributed by atoms with Crippen LogP contribution in [0.4, 0.5) is 11.4 Å². The van der Waals surface area contributed by atoms with Crippen LogP contribution in [0.2, 0.25) is 0 Å². The molecule has 7 nitrogen and oxygen atoms in total. The molecule has 5 N–H and O–H groups in total. The van der Waals surface area contributed by atoms with E-state index in [1.807, 2.05) is 6.07 Å². The third-order valence-electron chi connectivity index (χ3n) is 3.00. The molecule has 0 aliphatic carbocycles. The molecule has 0 radical (unpaired) electrons. The Balaban J connectivity index is 0.00000242. The molecule has 0 saturated heterocycles. The van der Waals surface area contributed by atoms with E-state index in [9.17, 15) is 9.00 Å². The predicted octanol–water partition coefficient (Wildman–Crippen LogP) is 0.524. The van der Waals surface area contributed by atoms with E-state index >= 15 is 0 Å². The molecule has 0 fully saturated rings. The van der Waals surface area contributed by atoms with E-state index in [0.717, 1.165) is 11.1 Å². The molecule has 8 heteroatoms. The zero-order valence-electron chi connectivity index (χ0n) is 12.5. The van der Waals surface area contributed by atoms with Gasteiger partial charge in [0.2, 0.25) is 0 Å². The number of benzene rings is 1. The van der Waals surface area contributed by atoms with Gasteiger partial charge in [-0.2, -0.15) is 0 Å². The van der Waals surface area contributed by atoms with E-state index in [1.165, 1.54) is 10.8 Å². The number of ether oxygens (including phenoxy) is 1. The lowest BCUT2D eigenvalue weighted by molar-refractivity contribution is 0.417. The second-order valence-corrected chi connectivity index (χ2v) is 5.68. The van der Waals surface area contributed by atoms with Gasteiger partial charge in [0.05, 0.1) is 18.5 Å². The average Bonchev–Trinajstić information content (AvgIpc) is 2.43. The molecule has 0 aliphatic heterocycles. The van der Waals surface area contributed by atoms with Crippen LogP contribution in [0, 0.1) is 0 Å². The van der Waals surface area contributed by atoms with Gasteiger partial charge < -0.3 is 25.2 Å². The molecular formula is C14H19N3O4S. The Labute approximate surface area is 130 Å². The van der Waals surface area contributed by atoms with Gasteiger partial charge in [0.25, 0.3) is 5.56 Å². The highest BCUT2D eigenvalue weighted by atomic mass is 32.2. The van der Waals surface area contributed by atoms with E-state index in [4.69, 9.17) is 10.5 Å². The third-order valence-corrected chi connectivity index (χ3v) is 3.50. The molecule has 0 bridgehead atoms. The first-order chi connectivity index (χ1) is 9.92. The second kappa shape index (κ2) is 7.10. The van der Waals surface area contributed by atoms with Gasteiger partial charge in [0, 0.05) is 25.1 Å². The number of nitrogens with two attached hydrogens (primary N) is 1. The van der Waals surface area contributed by atoms with Crippen LogP contribution >= 0.6 is 0 Å². The number of rotatable bonds is 4. The smallest absolute Gasteiger partial charge is 0.273 e. The third kappa shape index (κ3) is 3.66. The van der Waals surface area contributed by atoms with E-state index in [2.05, 4.69) is 4.72 Å². The summed E-state index contributed by atoms with van der Waals surface area (Å²) < 4.78 is 20.8. The highest BCUT2D eigenvalue weighted by Gasteiger charge is 2.09. The molecule has 1 aromatic heterocycles. The monoisotopic (exact) mass is 325 g/mol. The van der Waals surface area contributed by atoms with Crippen molar-refractivity contribution in [1.82, 2.24) is 4.57 Å². The minimum absolute atomic E-state index is 0. The predicted molar refractivity (Wildman–Crippen MR) is 89.4 cm³/mol. The fourth-order valence-corrected chi connectivity index (χ4v) is 2.49. The number of hydrogen-bond acceptors (Lipinski definition) is 4. The average molecular weight is 325 g/mol. The first-order valence-corrected chi connectivity index (χ1v) is 7.73. The Morgan fingerprint density at radius 2 is 1.95 bits per heavy atom. The molecule has 1 atom stereocenters. The van der Waals surface area contributed by atoms with Crippen LogP contribution in [-0.4, -0.2) is 27.6 Å². The van der Waals surface area contributed by atoms with E-state index < -0.39 is 11.0 Å². The van der Waals surface area contributed by atoms with Gasteiger partial charge in [-0.15, -0.1) is 0 Å². The summed E-state index contributed by atoms with van der Waals surface area (Å²) in [4.78, 5) is 11.6. The zero-order chi connectivity index (χ0) is 15.6. The van der Waals surface area contributed by atoms with Crippen molar-refractivity contribution in [2.75, 3.05) is 23.8 Å². The fourth-order valence-electron chi connectivity index (χ4n) is 2.02. The normalized spacial score (nSPS) is 11.4. The lowest BCUT2D eigenvalue weighted by Gasteiger charge is -2.12. The summed E-state index contributed by atoms with van der Waals surface area (Å²) in [5.41, 5.74) is 7.90. The number of nitrogens with one attached hydrogen (secondary N) is 1. The first kappa shape index (κ1) is 17.7. The standard InChI is InChI=1S/C14H17N3O3S.H2O/c1-17-8-10(6-11(15)14(17)18)9-4-5-13(20-2)12(7-9)16-21(3)19;/h4-8,16H,15H2,1-3H3;1H2. The molecule has 0 amide bonds. The molecule has 120 valence electrons. The van der Waals surface area contributed by atoms with Gasteiger partial charge in [0.1, 0.15) is 16.7 Å². The summed E-state index contributed by atoms with van der Waals surface area (Å²) in [6, 6.07) is 7.05. The molecule has 22 heavy (non-hydrogen) atoms. The van der Waals surface area contributed by atoms with E-state index in [-0.39, 0.29) is 16.7 Å². The number of aromatic nitrogens is 1. The summed E-state index contributed by atoms with van der Waals surface area (Å²) in [6.07, 6.45) is 3.24. The van der Waals surface area contributed by atoms with Crippen LogP contribution in [0.3, 0.4) is 0 Å². The van der Waals surface area contributed by atoms with Crippen molar-refractivity contribution in [3.63, 3.8) is 0 Å². The number of nitrogen functional groups attached to an aromatic ring is 1. The van der Waals surface area contributed by atoms with Gasteiger partial charge >= 0.3 is 0 Å². The highest BCUT2D eigenvalue weighted by molar-refractivity contribution is 7.85. The largest absolute Gasteiger partial charge is 0.495 e. The maximum atomic E-state index is 11.6. The molecule has 0 spiro atoms. The number of hydrogen-bond donors (Lipinski definition) is 2. The van der Waals surface area contributed by atoms with Crippen molar-refractivity contribution in [3.8, 4) is 16.9 Å². The molecular weight excluding hydrogens is 306 g/mol. The summed E-state index contributed by atoms with van der Waals surface area (Å²) in [6.45, 7) is 0. The van der Waals surface area contributed by atoms with Gasteiger partial charge in [-0.1, -0.05) is 6.07 Å². The van der Waals surface area contributed by atoms with Gasteiger partial charge in [0.15, 0.2) is 0 Å². The van der Waals surface area contributed by atoms with Crippen LogP contribution < -0.4 is 20.8 Å². The Morgan fingerprint density at radius 3 is 2.50 bits per heavy atom. The number of anilines is 2. The first-order valence-electron chi connectivity index (χ1n) is 6.17. The number of pyridine rings is 1. The Kier molecular flexibility index (Phi) is 5.72. The number of methoxy groups -OCH3 is 1. The quantitative estimate of drug-likeness (QED) is 0.852. The molecule has 2 rings (SSSR count). The maximum absolute atomic E-state index is 11.6. The summed E-state index contributed by atoms with van der Waals surface area (Å²) in [5.74, 6) is 0.590. The lowest BCUT2D eigenvalue weighted by Crippen LogP contribution is -2.19. The summed E-state index contributed by atoms with van der Waals surface area (Å²) in [7, 11) is 1.97. The summed E-state index contributed by atoms with van der Waals surface area (Å²) in [5, 5.41) is 0. The molecule has 1 aromatic carbocycles. The Morgan fingerprint density at radius 1 is 1.27 bits per heavy atom. The topological polar surface area (TPSA) is 118 Å². The van der Waals surface area contributed by atoms with Gasteiger partial charge in [-0.05, 0) is 23.8 Å². The van der Waals surface area contributed by atoms with E-state index in [1.54, 1.807) is 38.6 Å². The number of nitrogens with zero attached hydrogens (tertiary/aromatic N) is 1. The van der Waals surface area contributed by atoms with Crippen molar-refractivity contribution in [3.05, 3.63) is 40.8 Å². The van der Waals surface area contributed by atoms with Crippen LogP contribution in [0.1, 0.15) is 0 Å². The minimum Gasteiger partial charge on any atom is -0.495 e. The highest BCUT2D eigenvalue weighted by Crippen LogP contribution is 2.31. The molecule has 0 saturated carbocycles. The Bertz CT molecular complexity index is 732. The fraction of sp³-hybridized carbons (Fsp3) is 0.214.